The van der Waals surface area contributed by atoms with Crippen molar-refractivity contribution in [2.45, 2.75) is 13.6 Å². The Hall–Kier alpha value is -1.38. The van der Waals surface area contributed by atoms with E-state index in [-0.39, 0.29) is 5.78 Å². The van der Waals surface area contributed by atoms with E-state index in [9.17, 15) is 9.18 Å². The maximum atomic E-state index is 12.5. The van der Waals surface area contributed by atoms with Gasteiger partial charge >= 0.3 is 0 Å². The number of alkyl halides is 1. The van der Waals surface area contributed by atoms with Crippen molar-refractivity contribution in [1.29, 1.82) is 0 Å². The Labute approximate surface area is 76.3 Å². The van der Waals surface area contributed by atoms with Gasteiger partial charge in [-0.05, 0) is 18.6 Å². The molecule has 13 heavy (non-hydrogen) atoms. The molecule has 0 atom stereocenters. The number of Topliss-reactive ketones (excluding diaryl/α,β-unsaturated/α-hetero) is 1. The van der Waals surface area contributed by atoms with Gasteiger partial charge in [0.2, 0.25) is 0 Å². The topological polar surface area (TPSA) is 26.3 Å². The van der Waals surface area contributed by atoms with Crippen molar-refractivity contribution in [1.82, 2.24) is 0 Å². The van der Waals surface area contributed by atoms with E-state index in [2.05, 4.69) is 0 Å². The molecule has 0 amide bonds. The minimum absolute atomic E-state index is 0.176. The molecule has 0 aliphatic rings. The maximum Gasteiger partial charge on any atom is 0.163 e. The fourth-order valence-corrected chi connectivity index (χ4v) is 1.26. The van der Waals surface area contributed by atoms with Gasteiger partial charge in [0.1, 0.15) is 12.4 Å². The van der Waals surface area contributed by atoms with Crippen LogP contribution in [0.4, 0.5) is 4.39 Å². The van der Waals surface area contributed by atoms with Crippen molar-refractivity contribution in [2.75, 3.05) is 7.11 Å². The number of hydrogen-bond donors (Lipinski definition) is 0. The monoisotopic (exact) mass is 182 g/mol. The lowest BCUT2D eigenvalue weighted by atomic mass is 10.0. The predicted molar refractivity (Wildman–Crippen MR) is 47.8 cm³/mol. The molecule has 0 N–H and O–H groups in total. The average Bonchev–Trinajstić information content (AvgIpc) is 2.16. The van der Waals surface area contributed by atoms with Crippen molar-refractivity contribution in [2.24, 2.45) is 0 Å². The summed E-state index contributed by atoms with van der Waals surface area (Å²) >= 11 is 0. The molecular weight excluding hydrogens is 171 g/mol. The Morgan fingerprint density at radius 1 is 1.54 bits per heavy atom. The summed E-state index contributed by atoms with van der Waals surface area (Å²) in [7, 11) is 1.46. The number of carbonyl (C=O) groups excluding carboxylic acids is 1. The predicted octanol–water partition coefficient (Wildman–Crippen LogP) is 2.37. The molecule has 0 bridgehead atoms. The standard InChI is InChI=1S/C10H11FO2/c1-7(12)10-8(6-11)4-3-5-9(10)13-2/h3-5H,6H2,1-2H3. The Kier molecular flexibility index (Phi) is 3.01. The van der Waals surface area contributed by atoms with Crippen LogP contribution in [0.5, 0.6) is 5.75 Å². The second-order valence-electron chi connectivity index (χ2n) is 2.68. The molecule has 1 aromatic carbocycles. The zero-order valence-electron chi connectivity index (χ0n) is 7.63. The first kappa shape index (κ1) is 9.71. The van der Waals surface area contributed by atoms with E-state index < -0.39 is 6.67 Å². The number of carbonyl (C=O) groups is 1. The van der Waals surface area contributed by atoms with Crippen LogP contribution in [-0.2, 0) is 6.67 Å². The zero-order valence-corrected chi connectivity index (χ0v) is 7.63. The Morgan fingerprint density at radius 2 is 2.23 bits per heavy atom. The molecule has 0 spiro atoms. The average molecular weight is 182 g/mol. The highest BCUT2D eigenvalue weighted by Crippen LogP contribution is 2.23. The second kappa shape index (κ2) is 4.03. The van der Waals surface area contributed by atoms with Gasteiger partial charge in [-0.15, -0.1) is 0 Å². The molecule has 0 aromatic heterocycles. The van der Waals surface area contributed by atoms with Crippen LogP contribution in [0.2, 0.25) is 0 Å². The van der Waals surface area contributed by atoms with Crippen LogP contribution in [-0.4, -0.2) is 12.9 Å². The van der Waals surface area contributed by atoms with Gasteiger partial charge in [-0.1, -0.05) is 12.1 Å². The summed E-state index contributed by atoms with van der Waals surface area (Å²) in [6.07, 6.45) is 0. The summed E-state index contributed by atoms with van der Waals surface area (Å²) in [5.74, 6) is 0.257. The molecule has 0 aliphatic carbocycles. The number of halogens is 1. The molecule has 0 saturated carbocycles. The zero-order chi connectivity index (χ0) is 9.84. The van der Waals surface area contributed by atoms with Gasteiger partial charge in [0, 0.05) is 0 Å². The van der Waals surface area contributed by atoms with E-state index in [0.29, 0.717) is 16.9 Å². The summed E-state index contributed by atoms with van der Waals surface area (Å²) in [6, 6.07) is 4.90. The number of methoxy groups -OCH3 is 1. The fourth-order valence-electron chi connectivity index (χ4n) is 1.26. The normalized spacial score (nSPS) is 9.77. The van der Waals surface area contributed by atoms with Crippen LogP contribution < -0.4 is 4.74 Å². The lowest BCUT2D eigenvalue weighted by Gasteiger charge is -2.08. The first-order valence-corrected chi connectivity index (χ1v) is 3.93. The summed E-state index contributed by atoms with van der Waals surface area (Å²) in [6.45, 7) is 0.753. The molecule has 3 heteroatoms. The fraction of sp³-hybridized carbons (Fsp3) is 0.300. The first-order valence-electron chi connectivity index (χ1n) is 3.93. The van der Waals surface area contributed by atoms with Crippen LogP contribution in [0.1, 0.15) is 22.8 Å². The molecule has 0 heterocycles. The van der Waals surface area contributed by atoms with Crippen molar-refractivity contribution >= 4 is 5.78 Å². The molecule has 2 nitrogen and oxygen atoms in total. The molecular formula is C10H11FO2. The Morgan fingerprint density at radius 3 is 2.69 bits per heavy atom. The Balaban J connectivity index is 3.29. The molecule has 0 radical (unpaired) electrons. The highest BCUT2D eigenvalue weighted by atomic mass is 19.1. The summed E-state index contributed by atoms with van der Waals surface area (Å²) in [5.41, 5.74) is 0.722. The largest absolute Gasteiger partial charge is 0.496 e. The van der Waals surface area contributed by atoms with E-state index in [0.717, 1.165) is 0 Å². The van der Waals surface area contributed by atoms with Crippen LogP contribution in [0.15, 0.2) is 18.2 Å². The van der Waals surface area contributed by atoms with Gasteiger partial charge in [0.05, 0.1) is 12.7 Å². The molecule has 0 unspecified atom stereocenters. The molecule has 1 aromatic rings. The third-order valence-corrected chi connectivity index (χ3v) is 1.83. The SMILES string of the molecule is COc1cccc(CF)c1C(C)=O. The third kappa shape index (κ3) is 1.86. The van der Waals surface area contributed by atoms with Gasteiger partial charge in [-0.2, -0.15) is 0 Å². The van der Waals surface area contributed by atoms with Crippen molar-refractivity contribution in [3.63, 3.8) is 0 Å². The summed E-state index contributed by atoms with van der Waals surface area (Å²) in [4.78, 5) is 11.2. The van der Waals surface area contributed by atoms with Crippen LogP contribution in [0, 0.1) is 0 Å². The van der Waals surface area contributed by atoms with E-state index in [1.165, 1.54) is 14.0 Å². The number of rotatable bonds is 3. The highest BCUT2D eigenvalue weighted by Gasteiger charge is 2.12. The second-order valence-corrected chi connectivity index (χ2v) is 2.68. The minimum Gasteiger partial charge on any atom is -0.496 e. The van der Waals surface area contributed by atoms with Crippen molar-refractivity contribution in [3.05, 3.63) is 29.3 Å². The van der Waals surface area contributed by atoms with Gasteiger partial charge in [0.15, 0.2) is 5.78 Å². The smallest absolute Gasteiger partial charge is 0.163 e. The van der Waals surface area contributed by atoms with E-state index in [1.54, 1.807) is 18.2 Å². The Bertz CT molecular complexity index is 298. The lowest BCUT2D eigenvalue weighted by Crippen LogP contribution is -2.01. The number of ketones is 1. The van der Waals surface area contributed by atoms with E-state index in [4.69, 9.17) is 4.74 Å². The van der Waals surface area contributed by atoms with E-state index >= 15 is 0 Å². The number of ether oxygens (including phenoxy) is 1. The molecule has 70 valence electrons. The molecule has 0 aliphatic heterocycles. The maximum absolute atomic E-state index is 12.5. The minimum atomic E-state index is -0.647. The summed E-state index contributed by atoms with van der Waals surface area (Å²) in [5, 5.41) is 0. The lowest BCUT2D eigenvalue weighted by molar-refractivity contribution is 0.101. The van der Waals surface area contributed by atoms with Gasteiger partial charge in [0.25, 0.3) is 0 Å². The number of benzene rings is 1. The van der Waals surface area contributed by atoms with Crippen LogP contribution in [0.25, 0.3) is 0 Å². The van der Waals surface area contributed by atoms with E-state index in [1.807, 2.05) is 0 Å². The summed E-state index contributed by atoms with van der Waals surface area (Å²) < 4.78 is 17.4. The highest BCUT2D eigenvalue weighted by molar-refractivity contribution is 5.98. The molecule has 1 rings (SSSR count). The van der Waals surface area contributed by atoms with Crippen LogP contribution >= 0.6 is 0 Å². The van der Waals surface area contributed by atoms with Gasteiger partial charge < -0.3 is 4.74 Å². The molecule has 0 saturated heterocycles. The quantitative estimate of drug-likeness (QED) is 0.671. The van der Waals surface area contributed by atoms with Crippen molar-refractivity contribution in [3.8, 4) is 5.75 Å². The third-order valence-electron chi connectivity index (χ3n) is 1.83. The van der Waals surface area contributed by atoms with Gasteiger partial charge in [-0.25, -0.2) is 4.39 Å². The van der Waals surface area contributed by atoms with Crippen molar-refractivity contribution < 1.29 is 13.9 Å². The van der Waals surface area contributed by atoms with Gasteiger partial charge in [-0.3, -0.25) is 4.79 Å². The molecule has 0 fully saturated rings. The van der Waals surface area contributed by atoms with Crippen LogP contribution in [0.3, 0.4) is 0 Å². The number of hydrogen-bond acceptors (Lipinski definition) is 2. The first-order chi connectivity index (χ1) is 6.20.